The molecule has 0 spiro atoms. The van der Waals surface area contributed by atoms with Crippen molar-refractivity contribution in [2.45, 2.75) is 19.8 Å². The number of carbonyl (C=O) groups is 3. The summed E-state index contributed by atoms with van der Waals surface area (Å²) in [6.07, 6.45) is 0.745. The number of hydrogen-bond donors (Lipinski definition) is 1. The van der Waals surface area contributed by atoms with Crippen molar-refractivity contribution in [3.05, 3.63) is 65.5 Å². The minimum absolute atomic E-state index is 0.0764. The van der Waals surface area contributed by atoms with Crippen LogP contribution in [0.25, 0.3) is 0 Å². The molecule has 0 aliphatic carbocycles. The largest absolute Gasteiger partial charge is 0.462 e. The van der Waals surface area contributed by atoms with Crippen LogP contribution in [0.4, 0.5) is 10.1 Å². The van der Waals surface area contributed by atoms with E-state index in [1.165, 1.54) is 12.1 Å². The molecule has 3 rings (SSSR count). The van der Waals surface area contributed by atoms with Gasteiger partial charge in [-0.3, -0.25) is 9.59 Å². The molecule has 0 radical (unpaired) electrons. The summed E-state index contributed by atoms with van der Waals surface area (Å²) in [4.78, 5) is 38.3. The van der Waals surface area contributed by atoms with Gasteiger partial charge in [0.1, 0.15) is 5.82 Å². The fraction of sp³-hybridized carbons (Fsp3) is 0.318. The Hall–Kier alpha value is -3.22. The number of likely N-dealkylation sites (tertiary alicyclic amines) is 1. The molecule has 1 aliphatic heterocycles. The van der Waals surface area contributed by atoms with Gasteiger partial charge in [-0.15, -0.1) is 0 Å². The van der Waals surface area contributed by atoms with Crippen LogP contribution in [0.3, 0.4) is 0 Å². The van der Waals surface area contributed by atoms with Gasteiger partial charge in [0, 0.05) is 25.2 Å². The maximum absolute atomic E-state index is 13.0. The van der Waals surface area contributed by atoms with E-state index in [0.29, 0.717) is 30.8 Å². The minimum atomic E-state index is -0.457. The first-order valence-electron chi connectivity index (χ1n) is 9.56. The molecule has 1 fully saturated rings. The molecule has 29 heavy (non-hydrogen) atoms. The van der Waals surface area contributed by atoms with E-state index in [1.807, 2.05) is 0 Å². The summed E-state index contributed by atoms with van der Waals surface area (Å²) < 4.78 is 17.9. The molecular formula is C22H23FN2O4. The van der Waals surface area contributed by atoms with E-state index in [2.05, 4.69) is 5.32 Å². The second-order valence-electron chi connectivity index (χ2n) is 6.91. The number of hydrogen-bond acceptors (Lipinski definition) is 4. The summed E-state index contributed by atoms with van der Waals surface area (Å²) in [7, 11) is 0. The minimum Gasteiger partial charge on any atom is -0.462 e. The summed E-state index contributed by atoms with van der Waals surface area (Å²) >= 11 is 0. The molecule has 2 aromatic carbocycles. The van der Waals surface area contributed by atoms with Gasteiger partial charge >= 0.3 is 5.97 Å². The molecular weight excluding hydrogens is 375 g/mol. The average molecular weight is 398 g/mol. The highest BCUT2D eigenvalue weighted by molar-refractivity contribution is 5.98. The topological polar surface area (TPSA) is 75.7 Å². The summed E-state index contributed by atoms with van der Waals surface area (Å²) in [6, 6.07) is 12.7. The Balaban J connectivity index is 1.55. The molecule has 0 bridgehead atoms. The highest BCUT2D eigenvalue weighted by Crippen LogP contribution is 2.21. The normalized spacial score (nSPS) is 16.0. The van der Waals surface area contributed by atoms with Crippen LogP contribution in [-0.4, -0.2) is 42.4 Å². The monoisotopic (exact) mass is 398 g/mol. The third-order valence-corrected chi connectivity index (χ3v) is 4.81. The summed E-state index contributed by atoms with van der Waals surface area (Å²) in [5.41, 5.74) is 1.77. The molecule has 2 amide bonds. The molecule has 1 N–H and O–H groups in total. The molecule has 152 valence electrons. The Kier molecular flexibility index (Phi) is 6.59. The lowest BCUT2D eigenvalue weighted by atomic mass is 10.1. The van der Waals surface area contributed by atoms with Gasteiger partial charge in [-0.2, -0.15) is 0 Å². The lowest BCUT2D eigenvalue weighted by Gasteiger charge is -2.16. The van der Waals surface area contributed by atoms with E-state index < -0.39 is 11.9 Å². The molecule has 0 unspecified atom stereocenters. The van der Waals surface area contributed by atoms with Gasteiger partial charge in [-0.05, 0) is 49.2 Å². The molecule has 1 aliphatic rings. The van der Waals surface area contributed by atoms with E-state index in [1.54, 1.807) is 48.2 Å². The number of benzene rings is 2. The van der Waals surface area contributed by atoms with Crippen LogP contribution in [-0.2, 0) is 20.7 Å². The van der Waals surface area contributed by atoms with Gasteiger partial charge in [0.25, 0.3) is 0 Å². The first kappa shape index (κ1) is 20.5. The Bertz CT molecular complexity index is 898. The summed E-state index contributed by atoms with van der Waals surface area (Å²) in [6.45, 7) is 2.81. The Morgan fingerprint density at radius 3 is 2.69 bits per heavy atom. The summed E-state index contributed by atoms with van der Waals surface area (Å²) in [5, 5.41) is 2.78. The first-order valence-corrected chi connectivity index (χ1v) is 9.56. The van der Waals surface area contributed by atoms with Crippen molar-refractivity contribution in [3.63, 3.8) is 0 Å². The number of anilines is 1. The maximum Gasteiger partial charge on any atom is 0.338 e. The van der Waals surface area contributed by atoms with Crippen LogP contribution in [0.15, 0.2) is 48.5 Å². The lowest BCUT2D eigenvalue weighted by Crippen LogP contribution is -2.30. The average Bonchev–Trinajstić information content (AvgIpc) is 3.09. The molecule has 2 aromatic rings. The van der Waals surface area contributed by atoms with Crippen molar-refractivity contribution in [1.29, 1.82) is 0 Å². The second-order valence-corrected chi connectivity index (χ2v) is 6.91. The zero-order valence-electron chi connectivity index (χ0n) is 16.2. The standard InChI is InChI=1S/C22H23FN2O4/c1-2-29-22(28)16-4-3-5-19(12-16)24-21(27)17-13-20(26)25(14-17)11-10-15-6-8-18(23)9-7-15/h3-9,12,17H,2,10-11,13-14H2,1H3,(H,24,27)/t17-/m1/s1. The number of amides is 2. The number of nitrogens with zero attached hydrogens (tertiary/aromatic N) is 1. The van der Waals surface area contributed by atoms with E-state index in [-0.39, 0.29) is 30.7 Å². The highest BCUT2D eigenvalue weighted by Gasteiger charge is 2.34. The van der Waals surface area contributed by atoms with Gasteiger partial charge < -0.3 is 15.0 Å². The molecule has 1 atom stereocenters. The zero-order chi connectivity index (χ0) is 20.8. The predicted molar refractivity (Wildman–Crippen MR) is 106 cm³/mol. The Morgan fingerprint density at radius 2 is 1.97 bits per heavy atom. The number of rotatable bonds is 7. The fourth-order valence-corrected chi connectivity index (χ4v) is 3.26. The maximum atomic E-state index is 13.0. The Morgan fingerprint density at radius 1 is 1.21 bits per heavy atom. The number of esters is 1. The Labute approximate surface area is 168 Å². The quantitative estimate of drug-likeness (QED) is 0.728. The molecule has 7 heteroatoms. The molecule has 0 saturated carbocycles. The number of nitrogens with one attached hydrogen (secondary N) is 1. The smallest absolute Gasteiger partial charge is 0.338 e. The third kappa shape index (κ3) is 5.40. The summed E-state index contributed by atoms with van der Waals surface area (Å²) in [5.74, 6) is -1.54. The fourth-order valence-electron chi connectivity index (χ4n) is 3.26. The number of carbonyl (C=O) groups excluding carboxylic acids is 3. The highest BCUT2D eigenvalue weighted by atomic mass is 19.1. The molecule has 0 aromatic heterocycles. The third-order valence-electron chi connectivity index (χ3n) is 4.81. The number of halogens is 1. The molecule has 1 saturated heterocycles. The van der Waals surface area contributed by atoms with Gasteiger partial charge in [-0.25, -0.2) is 9.18 Å². The van der Waals surface area contributed by atoms with E-state index in [0.717, 1.165) is 5.56 Å². The van der Waals surface area contributed by atoms with Crippen molar-refractivity contribution in [1.82, 2.24) is 4.90 Å². The predicted octanol–water partition coefficient (Wildman–Crippen LogP) is 3.03. The van der Waals surface area contributed by atoms with Crippen LogP contribution in [0.2, 0.25) is 0 Å². The van der Waals surface area contributed by atoms with Crippen molar-refractivity contribution < 1.29 is 23.5 Å². The van der Waals surface area contributed by atoms with E-state index in [4.69, 9.17) is 4.74 Å². The van der Waals surface area contributed by atoms with Gasteiger partial charge in [-0.1, -0.05) is 18.2 Å². The van der Waals surface area contributed by atoms with Gasteiger partial charge in [0.05, 0.1) is 18.1 Å². The molecule has 1 heterocycles. The van der Waals surface area contributed by atoms with Crippen LogP contribution in [0, 0.1) is 11.7 Å². The van der Waals surface area contributed by atoms with Crippen molar-refractivity contribution in [2.24, 2.45) is 5.92 Å². The van der Waals surface area contributed by atoms with Crippen LogP contribution < -0.4 is 5.32 Å². The van der Waals surface area contributed by atoms with Gasteiger partial charge in [0.2, 0.25) is 11.8 Å². The first-order chi connectivity index (χ1) is 14.0. The van der Waals surface area contributed by atoms with Gasteiger partial charge in [0.15, 0.2) is 0 Å². The second kappa shape index (κ2) is 9.32. The molecule has 6 nitrogen and oxygen atoms in total. The lowest BCUT2D eigenvalue weighted by molar-refractivity contribution is -0.128. The van der Waals surface area contributed by atoms with Crippen LogP contribution in [0.5, 0.6) is 0 Å². The van der Waals surface area contributed by atoms with Crippen LogP contribution >= 0.6 is 0 Å². The zero-order valence-corrected chi connectivity index (χ0v) is 16.2. The SMILES string of the molecule is CCOC(=O)c1cccc(NC(=O)[C@@H]2CC(=O)N(CCc3ccc(F)cc3)C2)c1. The van der Waals surface area contributed by atoms with Crippen LogP contribution in [0.1, 0.15) is 29.3 Å². The van der Waals surface area contributed by atoms with Crippen molar-refractivity contribution in [3.8, 4) is 0 Å². The van der Waals surface area contributed by atoms with Crippen molar-refractivity contribution in [2.75, 3.05) is 25.0 Å². The van der Waals surface area contributed by atoms with E-state index in [9.17, 15) is 18.8 Å². The number of ether oxygens (including phenoxy) is 1. The van der Waals surface area contributed by atoms with E-state index >= 15 is 0 Å². The van der Waals surface area contributed by atoms with Crippen molar-refractivity contribution >= 4 is 23.5 Å².